The number of morpholine rings is 1. The summed E-state index contributed by atoms with van der Waals surface area (Å²) in [5, 5.41) is 6.15. The average Bonchev–Trinajstić information content (AvgIpc) is 2.90. The van der Waals surface area contributed by atoms with Crippen molar-refractivity contribution in [2.45, 2.75) is 0 Å². The molecule has 0 radical (unpaired) electrons. The molecule has 9 nitrogen and oxygen atoms in total. The van der Waals surface area contributed by atoms with Crippen molar-refractivity contribution in [2.75, 3.05) is 55.4 Å². The van der Waals surface area contributed by atoms with Gasteiger partial charge in [0.25, 0.3) is 11.8 Å². The predicted molar refractivity (Wildman–Crippen MR) is 144 cm³/mol. The highest BCUT2D eigenvalue weighted by Gasteiger charge is 2.19. The molecule has 1 aromatic heterocycles. The van der Waals surface area contributed by atoms with Gasteiger partial charge in [-0.2, -0.15) is 0 Å². The molecule has 192 valence electrons. The van der Waals surface area contributed by atoms with Crippen LogP contribution in [-0.2, 0) is 9.53 Å². The minimum absolute atomic E-state index is 0.0508. The Morgan fingerprint density at radius 2 is 1.65 bits per heavy atom. The Labute approximate surface area is 224 Å². The van der Waals surface area contributed by atoms with E-state index in [1.54, 1.807) is 54.4 Å². The van der Waals surface area contributed by atoms with Gasteiger partial charge in [-0.3, -0.25) is 19.3 Å². The van der Waals surface area contributed by atoms with Crippen LogP contribution < -0.4 is 15.5 Å². The summed E-state index contributed by atoms with van der Waals surface area (Å²) in [6.45, 7) is 2.98. The maximum Gasteiger partial charge on any atom is 0.258 e. The van der Waals surface area contributed by atoms with Crippen LogP contribution in [0.15, 0.2) is 60.8 Å². The Hall–Kier alpha value is -3.50. The van der Waals surface area contributed by atoms with E-state index < -0.39 is 11.8 Å². The molecule has 1 aliphatic rings. The molecule has 11 heteroatoms. The molecule has 3 amide bonds. The fourth-order valence-electron chi connectivity index (χ4n) is 3.70. The second-order valence-electron chi connectivity index (χ2n) is 8.35. The summed E-state index contributed by atoms with van der Waals surface area (Å²) in [4.78, 5) is 46.2. The number of ether oxygens (including phenoxy) is 1. The molecule has 0 saturated carbocycles. The molecule has 1 saturated heterocycles. The molecule has 0 bridgehead atoms. The molecular formula is C26H25Cl2N5O4. The first-order valence-electron chi connectivity index (χ1n) is 11.5. The van der Waals surface area contributed by atoms with Crippen LogP contribution in [0.5, 0.6) is 0 Å². The third-order valence-electron chi connectivity index (χ3n) is 5.79. The van der Waals surface area contributed by atoms with Crippen molar-refractivity contribution in [3.8, 4) is 0 Å². The Morgan fingerprint density at radius 1 is 0.946 bits per heavy atom. The van der Waals surface area contributed by atoms with E-state index in [2.05, 4.69) is 15.6 Å². The van der Waals surface area contributed by atoms with Gasteiger partial charge in [0.1, 0.15) is 5.82 Å². The smallest absolute Gasteiger partial charge is 0.258 e. The Morgan fingerprint density at radius 3 is 2.35 bits per heavy atom. The monoisotopic (exact) mass is 541 g/mol. The minimum Gasteiger partial charge on any atom is -0.379 e. The summed E-state index contributed by atoms with van der Waals surface area (Å²) < 4.78 is 5.32. The highest BCUT2D eigenvalue weighted by Crippen LogP contribution is 2.24. The van der Waals surface area contributed by atoms with Crippen molar-refractivity contribution in [1.29, 1.82) is 0 Å². The largest absolute Gasteiger partial charge is 0.379 e. The number of nitrogens with one attached hydrogen (secondary N) is 2. The Kier molecular flexibility index (Phi) is 8.73. The first kappa shape index (κ1) is 26.6. The predicted octanol–water partition coefficient (Wildman–Crippen LogP) is 4.19. The van der Waals surface area contributed by atoms with Gasteiger partial charge in [0, 0.05) is 47.6 Å². The molecule has 4 rings (SSSR count). The molecule has 0 spiro atoms. The van der Waals surface area contributed by atoms with Crippen molar-refractivity contribution in [3.05, 3.63) is 82.0 Å². The lowest BCUT2D eigenvalue weighted by Crippen LogP contribution is -2.43. The van der Waals surface area contributed by atoms with Crippen molar-refractivity contribution in [1.82, 2.24) is 9.88 Å². The molecule has 0 atom stereocenters. The average molecular weight is 542 g/mol. The van der Waals surface area contributed by atoms with Gasteiger partial charge in [-0.1, -0.05) is 23.2 Å². The molecule has 1 fully saturated rings. The number of likely N-dealkylation sites (N-methyl/N-ethyl adjacent to an activating group) is 1. The standard InChI is InChI=1S/C26H25Cl2N5O4/c1-32(24(34)16-33-10-12-37-13-11-33)20-5-2-17(3-6-20)25(35)30-22-7-4-18(27)14-21(22)26(36)31-23-15-19(28)8-9-29-23/h2-9,14-15H,10-13,16H2,1H3,(H,30,35)(H,29,31,36). The van der Waals surface area contributed by atoms with E-state index >= 15 is 0 Å². The number of carbonyl (C=O) groups is 3. The second kappa shape index (κ2) is 12.2. The van der Waals surface area contributed by atoms with E-state index in [1.807, 2.05) is 4.90 Å². The van der Waals surface area contributed by atoms with Crippen molar-refractivity contribution < 1.29 is 19.1 Å². The second-order valence-corrected chi connectivity index (χ2v) is 9.22. The van der Waals surface area contributed by atoms with Crippen LogP contribution in [0.25, 0.3) is 0 Å². The summed E-state index contributed by atoms with van der Waals surface area (Å²) in [6.07, 6.45) is 1.47. The number of amides is 3. The first-order chi connectivity index (χ1) is 17.8. The van der Waals surface area contributed by atoms with Crippen molar-refractivity contribution >= 4 is 58.1 Å². The van der Waals surface area contributed by atoms with Crippen molar-refractivity contribution in [3.63, 3.8) is 0 Å². The number of benzene rings is 2. The maximum absolute atomic E-state index is 12.9. The molecule has 2 heterocycles. The summed E-state index contributed by atoms with van der Waals surface area (Å²) >= 11 is 12.1. The Bertz CT molecular complexity index is 1300. The first-order valence-corrected chi connectivity index (χ1v) is 12.3. The van der Waals surface area contributed by atoms with Crippen LogP contribution in [0.1, 0.15) is 20.7 Å². The van der Waals surface area contributed by atoms with Crippen LogP contribution >= 0.6 is 23.2 Å². The lowest BCUT2D eigenvalue weighted by Gasteiger charge is -2.28. The fourth-order valence-corrected chi connectivity index (χ4v) is 4.03. The fraction of sp³-hybridized carbons (Fsp3) is 0.231. The van der Waals surface area contributed by atoms with E-state index in [1.165, 1.54) is 18.3 Å². The number of halogens is 2. The number of nitrogens with zero attached hydrogens (tertiary/aromatic N) is 3. The molecule has 1 aliphatic heterocycles. The van der Waals surface area contributed by atoms with Gasteiger partial charge in [0.2, 0.25) is 5.91 Å². The molecule has 2 N–H and O–H groups in total. The summed E-state index contributed by atoms with van der Waals surface area (Å²) in [5.74, 6) is -0.725. The van der Waals surface area contributed by atoms with Crippen LogP contribution in [0.2, 0.25) is 10.0 Å². The van der Waals surface area contributed by atoms with Gasteiger partial charge in [0.05, 0.1) is 31.0 Å². The normalized spacial score (nSPS) is 13.6. The number of hydrogen-bond acceptors (Lipinski definition) is 6. The Balaban J connectivity index is 1.43. The highest BCUT2D eigenvalue weighted by molar-refractivity contribution is 6.31. The number of pyridine rings is 1. The lowest BCUT2D eigenvalue weighted by atomic mass is 10.1. The number of carbonyl (C=O) groups excluding carboxylic acids is 3. The SMILES string of the molecule is CN(C(=O)CN1CCOCC1)c1ccc(C(=O)Nc2ccc(Cl)cc2C(=O)Nc2cc(Cl)ccn2)cc1. The quantitative estimate of drug-likeness (QED) is 0.464. The van der Waals surface area contributed by atoms with Crippen LogP contribution in [-0.4, -0.2) is 67.5 Å². The molecule has 0 unspecified atom stereocenters. The summed E-state index contributed by atoms with van der Waals surface area (Å²) in [7, 11) is 1.70. The number of anilines is 3. The van der Waals surface area contributed by atoms with Gasteiger partial charge in [-0.25, -0.2) is 4.98 Å². The van der Waals surface area contributed by atoms with E-state index in [-0.39, 0.29) is 23.0 Å². The molecular weight excluding hydrogens is 517 g/mol. The van der Waals surface area contributed by atoms with Crippen LogP contribution in [0, 0.1) is 0 Å². The van der Waals surface area contributed by atoms with E-state index in [0.29, 0.717) is 41.1 Å². The third kappa shape index (κ3) is 7.05. The molecule has 37 heavy (non-hydrogen) atoms. The van der Waals surface area contributed by atoms with E-state index in [0.717, 1.165) is 13.1 Å². The molecule has 2 aromatic carbocycles. The topological polar surface area (TPSA) is 104 Å². The molecule has 0 aliphatic carbocycles. The zero-order valence-electron chi connectivity index (χ0n) is 20.0. The summed E-state index contributed by atoms with van der Waals surface area (Å²) in [6, 6.07) is 14.3. The van der Waals surface area contributed by atoms with Crippen LogP contribution in [0.4, 0.5) is 17.2 Å². The van der Waals surface area contributed by atoms with Crippen LogP contribution in [0.3, 0.4) is 0 Å². The number of hydrogen-bond donors (Lipinski definition) is 2. The van der Waals surface area contributed by atoms with Gasteiger partial charge in [0.15, 0.2) is 0 Å². The van der Waals surface area contributed by atoms with Gasteiger partial charge in [-0.05, 0) is 54.6 Å². The zero-order chi connectivity index (χ0) is 26.4. The van der Waals surface area contributed by atoms with E-state index in [9.17, 15) is 14.4 Å². The van der Waals surface area contributed by atoms with Gasteiger partial charge in [-0.15, -0.1) is 0 Å². The zero-order valence-corrected chi connectivity index (χ0v) is 21.6. The van der Waals surface area contributed by atoms with Crippen molar-refractivity contribution in [2.24, 2.45) is 0 Å². The number of aromatic nitrogens is 1. The van der Waals surface area contributed by atoms with E-state index in [4.69, 9.17) is 27.9 Å². The summed E-state index contributed by atoms with van der Waals surface area (Å²) in [5.41, 5.74) is 1.45. The molecule has 3 aromatic rings. The van der Waals surface area contributed by atoms with Gasteiger partial charge < -0.3 is 20.3 Å². The van der Waals surface area contributed by atoms with Gasteiger partial charge >= 0.3 is 0 Å². The lowest BCUT2D eigenvalue weighted by molar-refractivity contribution is -0.120. The third-order valence-corrected chi connectivity index (χ3v) is 6.26. The maximum atomic E-state index is 12.9. The number of rotatable bonds is 7. The minimum atomic E-state index is -0.511. The highest BCUT2D eigenvalue weighted by atomic mass is 35.5.